The van der Waals surface area contributed by atoms with Crippen molar-refractivity contribution in [2.45, 2.75) is 13.2 Å². The highest BCUT2D eigenvalue weighted by Gasteiger charge is 2.11. The molecule has 1 aromatic heterocycles. The molecule has 0 saturated heterocycles. The molecular weight excluding hydrogens is 364 g/mol. The summed E-state index contributed by atoms with van der Waals surface area (Å²) in [5.74, 6) is 0. The van der Waals surface area contributed by atoms with Crippen LogP contribution in [-0.2, 0) is 17.9 Å². The van der Waals surface area contributed by atoms with E-state index < -0.39 is 0 Å². The lowest BCUT2D eigenvalue weighted by Gasteiger charge is -2.03. The number of halogens is 2. The molecule has 0 atom stereocenters. The molecule has 18 heavy (non-hydrogen) atoms. The average molecular weight is 376 g/mol. The van der Waals surface area contributed by atoms with Crippen LogP contribution in [0.5, 0.6) is 0 Å². The lowest BCUT2D eigenvalue weighted by atomic mass is 10.2. The predicted molar refractivity (Wildman–Crippen MR) is 76.7 cm³/mol. The Balaban J connectivity index is 2.29. The maximum Gasteiger partial charge on any atom is 0.281 e. The summed E-state index contributed by atoms with van der Waals surface area (Å²) < 4.78 is 8.10. The second-order valence-corrected chi connectivity index (χ2v) is 5.57. The van der Waals surface area contributed by atoms with Gasteiger partial charge in [-0.3, -0.25) is 9.89 Å². The quantitative estimate of drug-likeness (QED) is 0.893. The van der Waals surface area contributed by atoms with Gasteiger partial charge in [0.05, 0.1) is 18.8 Å². The molecule has 1 aromatic carbocycles. The number of ether oxygens (including phenoxy) is 1. The molecule has 0 aliphatic rings. The molecule has 1 N–H and O–H groups in total. The molecule has 1 heterocycles. The molecule has 6 heteroatoms. The molecule has 4 nitrogen and oxygen atoms in total. The summed E-state index contributed by atoms with van der Waals surface area (Å²) in [4.78, 5) is 12.0. The first-order valence-corrected chi connectivity index (χ1v) is 6.91. The minimum atomic E-state index is -0.0815. The van der Waals surface area contributed by atoms with Gasteiger partial charge in [0.15, 0.2) is 0 Å². The van der Waals surface area contributed by atoms with Crippen LogP contribution in [0.4, 0.5) is 0 Å². The van der Waals surface area contributed by atoms with Gasteiger partial charge in [-0.15, -0.1) is 0 Å². The van der Waals surface area contributed by atoms with E-state index in [1.807, 2.05) is 24.3 Å². The van der Waals surface area contributed by atoms with Crippen molar-refractivity contribution in [3.8, 4) is 0 Å². The minimum Gasteiger partial charge on any atom is -0.378 e. The lowest BCUT2D eigenvalue weighted by Crippen LogP contribution is -2.17. The van der Waals surface area contributed by atoms with Crippen LogP contribution in [0.15, 0.2) is 38.0 Å². The van der Waals surface area contributed by atoms with Gasteiger partial charge in [0, 0.05) is 11.6 Å². The summed E-state index contributed by atoms with van der Waals surface area (Å²) >= 11 is 6.69. The number of nitrogens with zero attached hydrogens (tertiary/aromatic N) is 1. The van der Waals surface area contributed by atoms with Crippen molar-refractivity contribution >= 4 is 31.9 Å². The number of H-pyrrole nitrogens is 1. The van der Waals surface area contributed by atoms with Crippen LogP contribution in [0.25, 0.3) is 0 Å². The zero-order valence-corrected chi connectivity index (χ0v) is 12.9. The molecule has 0 radical (unpaired) electrons. The van der Waals surface area contributed by atoms with Gasteiger partial charge in [-0.2, -0.15) is 0 Å². The molecule has 0 bridgehead atoms. The number of hydrogen-bond donors (Lipinski definition) is 1. The van der Waals surface area contributed by atoms with Crippen molar-refractivity contribution in [1.29, 1.82) is 0 Å². The third kappa shape index (κ3) is 2.93. The Morgan fingerprint density at radius 2 is 2.17 bits per heavy atom. The number of aromatic nitrogens is 2. The molecule has 0 saturated carbocycles. The summed E-state index contributed by atoms with van der Waals surface area (Å²) in [5, 5.41) is 3.04. The van der Waals surface area contributed by atoms with Crippen LogP contribution < -0.4 is 5.56 Å². The molecule has 0 spiro atoms. The van der Waals surface area contributed by atoms with E-state index in [2.05, 4.69) is 37.0 Å². The molecule has 2 rings (SSSR count). The van der Waals surface area contributed by atoms with Crippen molar-refractivity contribution in [1.82, 2.24) is 9.78 Å². The van der Waals surface area contributed by atoms with Gasteiger partial charge in [-0.25, -0.2) is 4.68 Å². The number of hydrogen-bond acceptors (Lipinski definition) is 2. The lowest BCUT2D eigenvalue weighted by molar-refractivity contribution is 0.180. The van der Waals surface area contributed by atoms with E-state index in [4.69, 9.17) is 4.74 Å². The Morgan fingerprint density at radius 3 is 2.83 bits per heavy atom. The third-order valence-electron chi connectivity index (χ3n) is 2.49. The molecule has 0 aliphatic heterocycles. The topological polar surface area (TPSA) is 47.0 Å². The Hall–Kier alpha value is -0.850. The molecule has 0 aliphatic carbocycles. The van der Waals surface area contributed by atoms with Crippen molar-refractivity contribution in [3.63, 3.8) is 0 Å². The van der Waals surface area contributed by atoms with Crippen molar-refractivity contribution in [3.05, 3.63) is 54.8 Å². The average Bonchev–Trinajstić information content (AvgIpc) is 2.59. The fourth-order valence-corrected chi connectivity index (χ4v) is 2.54. The fourth-order valence-electron chi connectivity index (χ4n) is 1.68. The van der Waals surface area contributed by atoms with Gasteiger partial charge >= 0.3 is 0 Å². The molecule has 2 aromatic rings. The van der Waals surface area contributed by atoms with E-state index in [9.17, 15) is 4.79 Å². The zero-order valence-electron chi connectivity index (χ0n) is 9.74. The molecule has 0 unspecified atom stereocenters. The Labute approximate surface area is 121 Å². The van der Waals surface area contributed by atoms with Gasteiger partial charge in [-0.05, 0) is 33.6 Å². The number of benzene rings is 1. The molecular formula is C12H12Br2N2O2. The van der Waals surface area contributed by atoms with E-state index >= 15 is 0 Å². The van der Waals surface area contributed by atoms with Crippen LogP contribution in [-0.4, -0.2) is 16.9 Å². The minimum absolute atomic E-state index is 0.0815. The van der Waals surface area contributed by atoms with E-state index in [1.54, 1.807) is 11.8 Å². The van der Waals surface area contributed by atoms with Gasteiger partial charge in [0.25, 0.3) is 5.56 Å². The summed E-state index contributed by atoms with van der Waals surface area (Å²) in [6.45, 7) is 0.877. The van der Waals surface area contributed by atoms with E-state index in [0.717, 1.165) is 15.7 Å². The summed E-state index contributed by atoms with van der Waals surface area (Å²) in [7, 11) is 1.59. The first kappa shape index (κ1) is 13.6. The zero-order chi connectivity index (χ0) is 13.1. The number of methoxy groups -OCH3 is 1. The van der Waals surface area contributed by atoms with E-state index in [0.29, 0.717) is 17.6 Å². The van der Waals surface area contributed by atoms with Crippen molar-refractivity contribution < 1.29 is 4.74 Å². The highest BCUT2D eigenvalue weighted by molar-refractivity contribution is 9.10. The third-order valence-corrected chi connectivity index (χ3v) is 3.80. The first-order valence-electron chi connectivity index (χ1n) is 5.32. The van der Waals surface area contributed by atoms with Crippen LogP contribution >= 0.6 is 31.9 Å². The summed E-state index contributed by atoms with van der Waals surface area (Å²) in [6.07, 6.45) is 0. The predicted octanol–water partition coefficient (Wildman–Crippen LogP) is 2.90. The van der Waals surface area contributed by atoms with Crippen molar-refractivity contribution in [2.75, 3.05) is 7.11 Å². The standard InChI is InChI=1S/C12H12Br2N2O2/c1-18-7-10-11(14)12(17)16(15-10)6-8-3-2-4-9(13)5-8/h2-5,15H,6-7H2,1H3. The summed E-state index contributed by atoms with van der Waals surface area (Å²) in [5.41, 5.74) is 1.71. The van der Waals surface area contributed by atoms with Crippen LogP contribution in [0.1, 0.15) is 11.3 Å². The molecule has 0 fully saturated rings. The SMILES string of the molecule is COCc1[nH]n(Cc2cccc(Br)c2)c(=O)c1Br. The van der Waals surface area contributed by atoms with Crippen molar-refractivity contribution in [2.24, 2.45) is 0 Å². The largest absolute Gasteiger partial charge is 0.378 e. The van der Waals surface area contributed by atoms with Gasteiger partial charge in [0.1, 0.15) is 4.47 Å². The monoisotopic (exact) mass is 374 g/mol. The highest BCUT2D eigenvalue weighted by Crippen LogP contribution is 2.14. The molecule has 0 amide bonds. The van der Waals surface area contributed by atoms with Gasteiger partial charge in [-0.1, -0.05) is 28.1 Å². The Kier molecular flexibility index (Phi) is 4.42. The summed E-state index contributed by atoms with van der Waals surface area (Å²) in [6, 6.07) is 7.85. The van der Waals surface area contributed by atoms with Crippen LogP contribution in [0.2, 0.25) is 0 Å². The van der Waals surface area contributed by atoms with Gasteiger partial charge in [0.2, 0.25) is 0 Å². The van der Waals surface area contributed by atoms with E-state index in [-0.39, 0.29) is 5.56 Å². The second kappa shape index (κ2) is 5.86. The normalized spacial score (nSPS) is 10.8. The number of rotatable bonds is 4. The molecule has 96 valence electrons. The van der Waals surface area contributed by atoms with Gasteiger partial charge < -0.3 is 4.74 Å². The Bertz CT molecular complexity index is 604. The Morgan fingerprint density at radius 1 is 1.39 bits per heavy atom. The smallest absolute Gasteiger partial charge is 0.281 e. The maximum atomic E-state index is 12.0. The second-order valence-electron chi connectivity index (χ2n) is 3.86. The first-order chi connectivity index (χ1) is 8.61. The number of aromatic amines is 1. The highest BCUT2D eigenvalue weighted by atomic mass is 79.9. The van der Waals surface area contributed by atoms with E-state index in [1.165, 1.54) is 0 Å². The maximum absolute atomic E-state index is 12.0. The van der Waals surface area contributed by atoms with Crippen LogP contribution in [0, 0.1) is 0 Å². The fraction of sp³-hybridized carbons (Fsp3) is 0.250. The number of nitrogens with one attached hydrogen (secondary N) is 1. The van der Waals surface area contributed by atoms with Crippen LogP contribution in [0.3, 0.4) is 0 Å².